The average Bonchev–Trinajstić information content (AvgIpc) is 3.43. The van der Waals surface area contributed by atoms with Crippen LogP contribution in [-0.2, 0) is 10.0 Å². The maximum atomic E-state index is 13.4. The van der Waals surface area contributed by atoms with Crippen molar-refractivity contribution >= 4 is 26.5 Å². The zero-order chi connectivity index (χ0) is 20.7. The van der Waals surface area contributed by atoms with Crippen molar-refractivity contribution in [3.05, 3.63) is 79.3 Å². The molecular weight excluding hydrogens is 398 g/mol. The summed E-state index contributed by atoms with van der Waals surface area (Å²) >= 11 is 0. The van der Waals surface area contributed by atoms with E-state index in [9.17, 15) is 8.42 Å². The Labute approximate surface area is 175 Å². The largest absolute Gasteiger partial charge is 0.306 e. The number of benzene rings is 1. The van der Waals surface area contributed by atoms with Crippen LogP contribution in [-0.4, -0.2) is 52.0 Å². The SMILES string of the molecule is CN1CC=C(c2cn(S(=O)(=O)c3cccnc3)c3ccc(-n4ccnc4)cc23)CC1. The first-order valence-corrected chi connectivity index (χ1v) is 11.1. The lowest BCUT2D eigenvalue weighted by Crippen LogP contribution is -2.23. The van der Waals surface area contributed by atoms with E-state index in [1.54, 1.807) is 37.1 Å². The molecule has 3 aromatic heterocycles. The van der Waals surface area contributed by atoms with Gasteiger partial charge in [0.05, 0.1) is 11.8 Å². The second-order valence-corrected chi connectivity index (χ2v) is 9.26. The van der Waals surface area contributed by atoms with Crippen LogP contribution in [0.1, 0.15) is 12.0 Å². The number of hydrogen-bond donors (Lipinski definition) is 0. The number of imidazole rings is 1. The second-order valence-electron chi connectivity index (χ2n) is 7.45. The van der Waals surface area contributed by atoms with Gasteiger partial charge in [0.25, 0.3) is 10.0 Å². The van der Waals surface area contributed by atoms with Gasteiger partial charge in [0, 0.05) is 60.7 Å². The summed E-state index contributed by atoms with van der Waals surface area (Å²) in [4.78, 5) is 10.5. The van der Waals surface area contributed by atoms with E-state index in [-0.39, 0.29) is 4.90 Å². The summed E-state index contributed by atoms with van der Waals surface area (Å²) in [5, 5.41) is 0.907. The average molecular weight is 420 g/mol. The number of fused-ring (bicyclic) bond motifs is 1. The minimum absolute atomic E-state index is 0.171. The van der Waals surface area contributed by atoms with E-state index < -0.39 is 10.0 Å². The van der Waals surface area contributed by atoms with Crippen molar-refractivity contribution in [1.82, 2.24) is 23.4 Å². The molecule has 0 bridgehead atoms. The third-order valence-electron chi connectivity index (χ3n) is 5.51. The molecule has 0 spiro atoms. The smallest absolute Gasteiger partial charge is 0.269 e. The fourth-order valence-corrected chi connectivity index (χ4v) is 5.18. The van der Waals surface area contributed by atoms with E-state index in [1.165, 1.54) is 15.7 Å². The van der Waals surface area contributed by atoms with Gasteiger partial charge in [-0.05, 0) is 49.4 Å². The predicted molar refractivity (Wildman–Crippen MR) is 116 cm³/mol. The summed E-state index contributed by atoms with van der Waals surface area (Å²) in [6.45, 7) is 1.79. The molecule has 0 saturated carbocycles. The number of rotatable bonds is 4. The summed E-state index contributed by atoms with van der Waals surface area (Å²) in [6, 6.07) is 9.00. The van der Waals surface area contributed by atoms with Gasteiger partial charge in [-0.1, -0.05) is 6.08 Å². The Morgan fingerprint density at radius 2 is 2.00 bits per heavy atom. The highest BCUT2D eigenvalue weighted by molar-refractivity contribution is 7.90. The number of hydrogen-bond acceptors (Lipinski definition) is 5. The van der Waals surface area contributed by atoms with Gasteiger partial charge in [0.1, 0.15) is 4.90 Å². The summed E-state index contributed by atoms with van der Waals surface area (Å²) in [5.41, 5.74) is 3.71. The minimum Gasteiger partial charge on any atom is -0.306 e. The first kappa shape index (κ1) is 18.8. The molecule has 0 aliphatic carbocycles. The molecule has 7 nitrogen and oxygen atoms in total. The van der Waals surface area contributed by atoms with Crippen molar-refractivity contribution < 1.29 is 8.42 Å². The Kier molecular flexibility index (Phi) is 4.52. The normalized spacial score (nSPS) is 15.4. The van der Waals surface area contributed by atoms with Gasteiger partial charge in [-0.2, -0.15) is 0 Å². The molecule has 30 heavy (non-hydrogen) atoms. The monoisotopic (exact) mass is 419 g/mol. The standard InChI is InChI=1S/C22H21N5O2S/c1-25-10-6-17(7-11-25)21-15-27(30(28,29)19-3-2-8-23-14-19)22-5-4-18(13-20(21)22)26-12-9-24-16-26/h2-6,8-9,12-16H,7,10-11H2,1H3. The summed E-state index contributed by atoms with van der Waals surface area (Å²) < 4.78 is 30.1. The van der Waals surface area contributed by atoms with Crippen molar-refractivity contribution in [2.45, 2.75) is 11.3 Å². The summed E-state index contributed by atoms with van der Waals surface area (Å²) in [7, 11) is -1.68. The van der Waals surface area contributed by atoms with Crippen LogP contribution in [0.2, 0.25) is 0 Å². The Balaban J connectivity index is 1.74. The Bertz CT molecular complexity index is 1340. The molecule has 0 unspecified atom stereocenters. The second kappa shape index (κ2) is 7.23. The molecule has 4 heterocycles. The molecule has 0 saturated heterocycles. The van der Waals surface area contributed by atoms with E-state index in [0.717, 1.165) is 36.1 Å². The quantitative estimate of drug-likeness (QED) is 0.508. The Morgan fingerprint density at radius 3 is 2.70 bits per heavy atom. The van der Waals surface area contributed by atoms with Gasteiger partial charge in [-0.15, -0.1) is 0 Å². The highest BCUT2D eigenvalue weighted by Crippen LogP contribution is 2.34. The Morgan fingerprint density at radius 1 is 1.10 bits per heavy atom. The zero-order valence-electron chi connectivity index (χ0n) is 16.5. The van der Waals surface area contributed by atoms with Crippen LogP contribution in [0, 0.1) is 0 Å². The lowest BCUT2D eigenvalue weighted by Gasteiger charge is -2.21. The van der Waals surface area contributed by atoms with Crippen molar-refractivity contribution in [3.63, 3.8) is 0 Å². The maximum absolute atomic E-state index is 13.4. The van der Waals surface area contributed by atoms with Crippen LogP contribution < -0.4 is 0 Å². The van der Waals surface area contributed by atoms with Gasteiger partial charge >= 0.3 is 0 Å². The van der Waals surface area contributed by atoms with Crippen LogP contribution in [0.5, 0.6) is 0 Å². The van der Waals surface area contributed by atoms with Crippen LogP contribution in [0.3, 0.4) is 0 Å². The number of nitrogens with zero attached hydrogens (tertiary/aromatic N) is 5. The number of aromatic nitrogens is 4. The van der Waals surface area contributed by atoms with Gasteiger partial charge in [-0.25, -0.2) is 17.4 Å². The molecule has 1 aromatic carbocycles. The molecular formula is C22H21N5O2S. The van der Waals surface area contributed by atoms with E-state index in [4.69, 9.17) is 0 Å². The lowest BCUT2D eigenvalue weighted by atomic mass is 9.99. The molecule has 0 fully saturated rings. The molecule has 0 N–H and O–H groups in total. The first-order valence-electron chi connectivity index (χ1n) is 9.71. The predicted octanol–water partition coefficient (Wildman–Crippen LogP) is 3.18. The molecule has 1 aliphatic heterocycles. The molecule has 0 atom stereocenters. The zero-order valence-corrected chi connectivity index (χ0v) is 17.3. The van der Waals surface area contributed by atoms with Crippen molar-refractivity contribution in [3.8, 4) is 5.69 Å². The number of likely N-dealkylation sites (N-methyl/N-ethyl adjacent to an activating group) is 1. The third kappa shape index (κ3) is 3.14. The molecule has 152 valence electrons. The third-order valence-corrected chi connectivity index (χ3v) is 7.16. The van der Waals surface area contributed by atoms with Gasteiger partial charge in [-0.3, -0.25) is 4.98 Å². The fraction of sp³-hybridized carbons (Fsp3) is 0.182. The van der Waals surface area contributed by atoms with Crippen LogP contribution in [0.4, 0.5) is 0 Å². The van der Waals surface area contributed by atoms with Crippen LogP contribution >= 0.6 is 0 Å². The lowest BCUT2D eigenvalue weighted by molar-refractivity contribution is 0.370. The first-order chi connectivity index (χ1) is 14.5. The molecule has 1 aliphatic rings. The van der Waals surface area contributed by atoms with Gasteiger partial charge in [0.2, 0.25) is 0 Å². The van der Waals surface area contributed by atoms with Crippen LogP contribution in [0.25, 0.3) is 22.2 Å². The molecule has 4 aromatic rings. The fourth-order valence-electron chi connectivity index (χ4n) is 3.84. The molecule has 0 radical (unpaired) electrons. The highest BCUT2D eigenvalue weighted by atomic mass is 32.2. The Hall–Kier alpha value is -3.23. The van der Waals surface area contributed by atoms with Gasteiger partial charge < -0.3 is 9.47 Å². The van der Waals surface area contributed by atoms with Crippen molar-refractivity contribution in [2.75, 3.05) is 20.1 Å². The summed E-state index contributed by atoms with van der Waals surface area (Å²) in [6.07, 6.45) is 13.1. The van der Waals surface area contributed by atoms with Gasteiger partial charge in [0.15, 0.2) is 0 Å². The van der Waals surface area contributed by atoms with E-state index in [2.05, 4.69) is 28.0 Å². The minimum atomic E-state index is -3.76. The van der Waals surface area contributed by atoms with E-state index >= 15 is 0 Å². The molecule has 5 rings (SSSR count). The molecule has 8 heteroatoms. The van der Waals surface area contributed by atoms with Crippen molar-refractivity contribution in [1.29, 1.82) is 0 Å². The molecule has 0 amide bonds. The topological polar surface area (TPSA) is 73.0 Å². The van der Waals surface area contributed by atoms with E-state index in [0.29, 0.717) is 5.52 Å². The van der Waals surface area contributed by atoms with Crippen molar-refractivity contribution in [2.24, 2.45) is 0 Å². The van der Waals surface area contributed by atoms with E-state index in [1.807, 2.05) is 29.0 Å². The van der Waals surface area contributed by atoms with Crippen LogP contribution in [0.15, 0.2) is 78.6 Å². The maximum Gasteiger partial charge on any atom is 0.269 e. The highest BCUT2D eigenvalue weighted by Gasteiger charge is 2.24. The summed E-state index contributed by atoms with van der Waals surface area (Å²) in [5.74, 6) is 0. The number of pyridine rings is 1.